The van der Waals surface area contributed by atoms with E-state index in [1.807, 2.05) is 6.07 Å². The van der Waals surface area contributed by atoms with Crippen molar-refractivity contribution in [3.05, 3.63) is 18.2 Å². The molecule has 0 amide bonds. The Morgan fingerprint density at radius 2 is 1.90 bits per heavy atom. The predicted molar refractivity (Wildman–Crippen MR) is 74.1 cm³/mol. The lowest BCUT2D eigenvalue weighted by molar-refractivity contribution is -0.286. The third-order valence-electron chi connectivity index (χ3n) is 4.59. The van der Waals surface area contributed by atoms with Gasteiger partial charge in [0.1, 0.15) is 0 Å². The van der Waals surface area contributed by atoms with Gasteiger partial charge in [-0.1, -0.05) is 6.42 Å². The Morgan fingerprint density at radius 3 is 2.81 bits per heavy atom. The van der Waals surface area contributed by atoms with Crippen molar-refractivity contribution < 1.29 is 18.3 Å². The van der Waals surface area contributed by atoms with Gasteiger partial charge in [0.2, 0.25) is 0 Å². The summed E-state index contributed by atoms with van der Waals surface area (Å²) in [6.45, 7) is 4.10. The second-order valence-corrected chi connectivity index (χ2v) is 5.93. The lowest BCUT2D eigenvalue weighted by atomic mass is 9.99. The van der Waals surface area contributed by atoms with Gasteiger partial charge in [-0.05, 0) is 31.5 Å². The molecule has 3 heterocycles. The zero-order valence-corrected chi connectivity index (χ0v) is 11.7. The van der Waals surface area contributed by atoms with Crippen molar-refractivity contribution in [2.75, 3.05) is 31.1 Å². The summed E-state index contributed by atoms with van der Waals surface area (Å²) < 4.78 is 35.1. The first-order chi connectivity index (χ1) is 10.1. The summed E-state index contributed by atoms with van der Waals surface area (Å²) in [7, 11) is 0. The van der Waals surface area contributed by atoms with Gasteiger partial charge < -0.3 is 14.4 Å². The van der Waals surface area contributed by atoms with E-state index in [2.05, 4.69) is 19.3 Å². The topological polar surface area (TPSA) is 24.9 Å². The molecule has 0 aliphatic carbocycles. The highest BCUT2D eigenvalue weighted by atomic mass is 19.3. The Balaban J connectivity index is 1.53. The van der Waals surface area contributed by atoms with Gasteiger partial charge in [-0.3, -0.25) is 4.90 Å². The van der Waals surface area contributed by atoms with Crippen LogP contribution >= 0.6 is 0 Å². The van der Waals surface area contributed by atoms with Crippen LogP contribution in [0, 0.1) is 0 Å². The molecular weight excluding hydrogens is 278 g/mol. The van der Waals surface area contributed by atoms with Gasteiger partial charge >= 0.3 is 6.29 Å². The normalized spacial score (nSPS) is 27.5. The van der Waals surface area contributed by atoms with Crippen molar-refractivity contribution in [3.63, 3.8) is 0 Å². The minimum absolute atomic E-state index is 0.111. The predicted octanol–water partition coefficient (Wildman–Crippen LogP) is 2.68. The number of ether oxygens (including phenoxy) is 2. The van der Waals surface area contributed by atoms with Crippen LogP contribution < -0.4 is 14.4 Å². The summed E-state index contributed by atoms with van der Waals surface area (Å²) in [6, 6.07) is 5.65. The molecule has 0 N–H and O–H groups in total. The van der Waals surface area contributed by atoms with Crippen molar-refractivity contribution in [2.45, 2.75) is 31.6 Å². The van der Waals surface area contributed by atoms with Crippen molar-refractivity contribution in [2.24, 2.45) is 0 Å². The first-order valence-electron chi connectivity index (χ1n) is 7.50. The maximum atomic E-state index is 13.1. The van der Waals surface area contributed by atoms with E-state index in [0.717, 1.165) is 25.3 Å². The fraction of sp³-hybridized carbons (Fsp3) is 0.600. The summed E-state index contributed by atoms with van der Waals surface area (Å²) in [5, 5.41) is 0. The molecule has 1 aromatic rings. The molecular formula is C15H18F2N2O2. The van der Waals surface area contributed by atoms with Crippen LogP contribution in [0.1, 0.15) is 19.3 Å². The lowest BCUT2D eigenvalue weighted by Gasteiger charge is -2.44. The molecule has 1 aromatic carbocycles. The number of piperidine rings is 1. The summed E-state index contributed by atoms with van der Waals surface area (Å²) in [6.07, 6.45) is 0.250. The summed E-state index contributed by atoms with van der Waals surface area (Å²) in [4.78, 5) is 4.80. The molecule has 0 aromatic heterocycles. The SMILES string of the molecule is FC1(F)Oc2ccc(N3CCN4CCCCC4C3)cc2O1. The quantitative estimate of drug-likeness (QED) is 0.795. The molecule has 0 spiro atoms. The van der Waals surface area contributed by atoms with Crippen molar-refractivity contribution in [1.29, 1.82) is 0 Å². The van der Waals surface area contributed by atoms with Crippen LogP contribution in [-0.2, 0) is 0 Å². The Kier molecular flexibility index (Phi) is 2.96. The molecule has 1 atom stereocenters. The van der Waals surface area contributed by atoms with Gasteiger partial charge in [-0.25, -0.2) is 0 Å². The fourth-order valence-electron chi connectivity index (χ4n) is 3.52. The monoisotopic (exact) mass is 296 g/mol. The largest absolute Gasteiger partial charge is 0.586 e. The Bertz CT molecular complexity index is 552. The zero-order chi connectivity index (χ0) is 14.4. The summed E-state index contributed by atoms with van der Waals surface area (Å²) in [5.41, 5.74) is 0.931. The van der Waals surface area contributed by atoms with Gasteiger partial charge in [0, 0.05) is 37.4 Å². The van der Waals surface area contributed by atoms with Crippen molar-refractivity contribution in [3.8, 4) is 11.5 Å². The minimum Gasteiger partial charge on any atom is -0.395 e. The number of hydrogen-bond donors (Lipinski definition) is 0. The number of benzene rings is 1. The fourth-order valence-corrected chi connectivity index (χ4v) is 3.52. The Hall–Kier alpha value is -1.56. The zero-order valence-electron chi connectivity index (χ0n) is 11.7. The number of alkyl halides is 2. The van der Waals surface area contributed by atoms with E-state index in [-0.39, 0.29) is 11.5 Å². The van der Waals surface area contributed by atoms with Crippen LogP contribution in [-0.4, -0.2) is 43.4 Å². The highest BCUT2D eigenvalue weighted by molar-refractivity contribution is 5.57. The number of rotatable bonds is 1. The molecule has 0 bridgehead atoms. The van der Waals surface area contributed by atoms with Crippen LogP contribution in [0.4, 0.5) is 14.5 Å². The van der Waals surface area contributed by atoms with E-state index < -0.39 is 6.29 Å². The van der Waals surface area contributed by atoms with Crippen LogP contribution in [0.2, 0.25) is 0 Å². The maximum absolute atomic E-state index is 13.1. The molecule has 0 saturated carbocycles. The Labute approximate surface area is 122 Å². The number of anilines is 1. The van der Waals surface area contributed by atoms with Crippen LogP contribution in [0.25, 0.3) is 0 Å². The molecule has 3 aliphatic heterocycles. The number of piperazine rings is 1. The van der Waals surface area contributed by atoms with Gasteiger partial charge in [0.15, 0.2) is 11.5 Å². The lowest BCUT2D eigenvalue weighted by Crippen LogP contribution is -2.54. The van der Waals surface area contributed by atoms with Crippen molar-refractivity contribution in [1.82, 2.24) is 4.90 Å². The second kappa shape index (κ2) is 4.73. The van der Waals surface area contributed by atoms with Crippen LogP contribution in [0.3, 0.4) is 0 Å². The number of halogens is 2. The smallest absolute Gasteiger partial charge is 0.395 e. The minimum atomic E-state index is -3.54. The second-order valence-electron chi connectivity index (χ2n) is 5.93. The molecule has 1 unspecified atom stereocenters. The first kappa shape index (κ1) is 13.1. The molecule has 4 nitrogen and oxygen atoms in total. The van der Waals surface area contributed by atoms with Gasteiger partial charge in [0.25, 0.3) is 0 Å². The third kappa shape index (κ3) is 2.41. The highest BCUT2D eigenvalue weighted by Gasteiger charge is 2.43. The Morgan fingerprint density at radius 1 is 1.05 bits per heavy atom. The number of fused-ring (bicyclic) bond motifs is 2. The summed E-state index contributed by atoms with van der Waals surface area (Å²) in [5.74, 6) is 0.239. The van der Waals surface area contributed by atoms with Crippen molar-refractivity contribution >= 4 is 5.69 Å². The van der Waals surface area contributed by atoms with E-state index in [1.165, 1.54) is 25.8 Å². The molecule has 0 radical (unpaired) electrons. The average Bonchev–Trinajstić information content (AvgIpc) is 2.79. The first-order valence-corrected chi connectivity index (χ1v) is 7.50. The van der Waals surface area contributed by atoms with E-state index >= 15 is 0 Å². The third-order valence-corrected chi connectivity index (χ3v) is 4.59. The number of nitrogens with zero attached hydrogens (tertiary/aromatic N) is 2. The molecule has 4 rings (SSSR count). The van der Waals surface area contributed by atoms with Crippen LogP contribution in [0.15, 0.2) is 18.2 Å². The maximum Gasteiger partial charge on any atom is 0.586 e. The number of hydrogen-bond acceptors (Lipinski definition) is 4. The molecule has 3 aliphatic rings. The van der Waals surface area contributed by atoms with Gasteiger partial charge in [0.05, 0.1) is 0 Å². The van der Waals surface area contributed by atoms with Gasteiger partial charge in [-0.15, -0.1) is 8.78 Å². The van der Waals surface area contributed by atoms with Gasteiger partial charge in [-0.2, -0.15) is 0 Å². The molecule has 114 valence electrons. The molecule has 21 heavy (non-hydrogen) atoms. The van der Waals surface area contributed by atoms with E-state index in [4.69, 9.17) is 0 Å². The molecule has 2 saturated heterocycles. The molecule has 2 fully saturated rings. The van der Waals surface area contributed by atoms with E-state index in [9.17, 15) is 8.78 Å². The van der Waals surface area contributed by atoms with E-state index in [0.29, 0.717) is 6.04 Å². The standard InChI is InChI=1S/C15H18F2N2O2/c16-15(17)20-13-5-4-11(9-14(13)21-15)19-8-7-18-6-2-1-3-12(18)10-19/h4-5,9,12H,1-3,6-8,10H2. The molecule has 6 heteroatoms. The van der Waals surface area contributed by atoms with E-state index in [1.54, 1.807) is 12.1 Å². The average molecular weight is 296 g/mol. The summed E-state index contributed by atoms with van der Waals surface area (Å²) >= 11 is 0. The highest BCUT2D eigenvalue weighted by Crippen LogP contribution is 2.43. The van der Waals surface area contributed by atoms with Crippen LogP contribution in [0.5, 0.6) is 11.5 Å².